The summed E-state index contributed by atoms with van der Waals surface area (Å²) < 4.78 is 16.1. The normalized spacial score (nSPS) is 14.6. The Kier molecular flexibility index (Phi) is 4.11. The third-order valence-electron chi connectivity index (χ3n) is 4.26. The molecule has 0 fully saturated rings. The minimum absolute atomic E-state index is 0.260. The van der Waals surface area contributed by atoms with Gasteiger partial charge in [0, 0.05) is 16.5 Å². The molecule has 0 unspecified atom stereocenters. The van der Waals surface area contributed by atoms with E-state index in [0.717, 1.165) is 41.3 Å². The zero-order valence-corrected chi connectivity index (χ0v) is 13.6. The lowest BCUT2D eigenvalue weighted by molar-refractivity contribution is -0.150. The monoisotopic (exact) mass is 316 g/mol. The molecule has 0 N–H and O–H groups in total. The number of hydrogen-bond donors (Lipinski definition) is 0. The van der Waals surface area contributed by atoms with Crippen molar-refractivity contribution < 1.29 is 18.7 Å². The summed E-state index contributed by atoms with van der Waals surface area (Å²) in [5.41, 5.74) is 2.90. The van der Waals surface area contributed by atoms with Gasteiger partial charge in [0.1, 0.15) is 11.3 Å². The highest BCUT2D eigenvalue weighted by Gasteiger charge is 2.22. The Morgan fingerprint density at radius 3 is 2.78 bits per heavy atom. The molecule has 0 spiro atoms. The third-order valence-corrected chi connectivity index (χ3v) is 4.26. The Balaban J connectivity index is 2.01. The average molecular weight is 316 g/mol. The van der Waals surface area contributed by atoms with Gasteiger partial charge in [0.15, 0.2) is 6.10 Å². The second kappa shape index (κ2) is 6.07. The molecule has 3 rings (SSSR count). The third kappa shape index (κ3) is 2.71. The van der Waals surface area contributed by atoms with E-state index in [4.69, 9.17) is 13.9 Å². The van der Waals surface area contributed by atoms with Crippen LogP contribution in [0.5, 0.6) is 5.75 Å². The molecule has 2 aromatic rings. The predicted octanol–water partition coefficient (Wildman–Crippen LogP) is 2.92. The van der Waals surface area contributed by atoms with E-state index < -0.39 is 12.1 Å². The summed E-state index contributed by atoms with van der Waals surface area (Å²) in [5, 5.41) is 0.964. The van der Waals surface area contributed by atoms with Crippen LogP contribution in [0.3, 0.4) is 0 Å². The molecule has 0 amide bonds. The van der Waals surface area contributed by atoms with Gasteiger partial charge in [-0.05, 0) is 57.7 Å². The number of hydrogen-bond acceptors (Lipinski definition) is 5. The van der Waals surface area contributed by atoms with E-state index >= 15 is 0 Å². The quantitative estimate of drug-likeness (QED) is 0.641. The van der Waals surface area contributed by atoms with Gasteiger partial charge >= 0.3 is 11.6 Å². The fourth-order valence-corrected chi connectivity index (χ4v) is 3.09. The van der Waals surface area contributed by atoms with Crippen LogP contribution in [0.2, 0.25) is 0 Å². The Hall–Kier alpha value is -2.30. The van der Waals surface area contributed by atoms with Crippen molar-refractivity contribution in [1.29, 1.82) is 0 Å². The van der Waals surface area contributed by atoms with Crippen LogP contribution >= 0.6 is 0 Å². The maximum Gasteiger partial charge on any atom is 0.347 e. The number of fused-ring (bicyclic) bond motifs is 3. The molecule has 1 atom stereocenters. The minimum Gasteiger partial charge on any atom is -0.479 e. The zero-order valence-electron chi connectivity index (χ0n) is 13.6. The predicted molar refractivity (Wildman–Crippen MR) is 86.0 cm³/mol. The van der Waals surface area contributed by atoms with Gasteiger partial charge in [-0.25, -0.2) is 9.59 Å². The van der Waals surface area contributed by atoms with Crippen molar-refractivity contribution in [1.82, 2.24) is 0 Å². The molecule has 23 heavy (non-hydrogen) atoms. The number of carbonyl (C=O) groups is 1. The lowest BCUT2D eigenvalue weighted by atomic mass is 10.0. The first-order valence-corrected chi connectivity index (χ1v) is 7.94. The number of aryl methyl sites for hydroxylation is 2. The zero-order chi connectivity index (χ0) is 16.6. The fraction of sp³-hybridized carbons (Fsp3) is 0.444. The topological polar surface area (TPSA) is 65.7 Å². The van der Waals surface area contributed by atoms with E-state index in [0.29, 0.717) is 17.9 Å². The van der Waals surface area contributed by atoms with Gasteiger partial charge in [0.2, 0.25) is 0 Å². The lowest BCUT2D eigenvalue weighted by Crippen LogP contribution is -2.26. The molecule has 0 bridgehead atoms. The molecule has 1 aliphatic rings. The van der Waals surface area contributed by atoms with E-state index in [1.165, 1.54) is 0 Å². The van der Waals surface area contributed by atoms with Crippen LogP contribution in [0.1, 0.15) is 37.0 Å². The Morgan fingerprint density at radius 1 is 1.30 bits per heavy atom. The molecule has 1 heterocycles. The smallest absolute Gasteiger partial charge is 0.347 e. The van der Waals surface area contributed by atoms with Crippen molar-refractivity contribution in [3.8, 4) is 5.75 Å². The Labute approximate surface area is 134 Å². The van der Waals surface area contributed by atoms with Crippen LogP contribution in [0.25, 0.3) is 11.0 Å². The Morgan fingerprint density at radius 2 is 2.04 bits per heavy atom. The Bertz CT molecular complexity index is 818. The minimum atomic E-state index is -0.716. The van der Waals surface area contributed by atoms with Gasteiger partial charge in [-0.3, -0.25) is 0 Å². The average Bonchev–Trinajstić information content (AvgIpc) is 3.01. The van der Waals surface area contributed by atoms with Crippen molar-refractivity contribution >= 4 is 16.9 Å². The van der Waals surface area contributed by atoms with Crippen LogP contribution in [-0.2, 0) is 22.4 Å². The molecular weight excluding hydrogens is 296 g/mol. The van der Waals surface area contributed by atoms with Crippen molar-refractivity contribution in [2.24, 2.45) is 0 Å². The van der Waals surface area contributed by atoms with Gasteiger partial charge in [-0.2, -0.15) is 0 Å². The highest BCUT2D eigenvalue weighted by Crippen LogP contribution is 2.33. The first kappa shape index (κ1) is 15.6. The van der Waals surface area contributed by atoms with Gasteiger partial charge < -0.3 is 13.9 Å². The summed E-state index contributed by atoms with van der Waals surface area (Å²) in [6.07, 6.45) is 1.95. The van der Waals surface area contributed by atoms with Gasteiger partial charge in [0.05, 0.1) is 6.61 Å². The van der Waals surface area contributed by atoms with E-state index in [1.54, 1.807) is 13.8 Å². The summed E-state index contributed by atoms with van der Waals surface area (Å²) >= 11 is 0. The second-order valence-corrected chi connectivity index (χ2v) is 5.78. The largest absolute Gasteiger partial charge is 0.479 e. The van der Waals surface area contributed by atoms with Crippen molar-refractivity contribution in [3.05, 3.63) is 39.2 Å². The van der Waals surface area contributed by atoms with Gasteiger partial charge in [-0.1, -0.05) is 0 Å². The van der Waals surface area contributed by atoms with Crippen molar-refractivity contribution in [2.45, 2.75) is 46.1 Å². The highest BCUT2D eigenvalue weighted by atomic mass is 16.6. The van der Waals surface area contributed by atoms with Crippen molar-refractivity contribution in [2.75, 3.05) is 6.61 Å². The van der Waals surface area contributed by atoms with Crippen LogP contribution in [-0.4, -0.2) is 18.7 Å². The number of ether oxygens (including phenoxy) is 2. The number of esters is 1. The van der Waals surface area contributed by atoms with Crippen molar-refractivity contribution in [3.63, 3.8) is 0 Å². The number of benzene rings is 1. The summed E-state index contributed by atoms with van der Waals surface area (Å²) in [7, 11) is 0. The maximum atomic E-state index is 12.1. The lowest BCUT2D eigenvalue weighted by Gasteiger charge is -2.16. The van der Waals surface area contributed by atoms with Crippen LogP contribution in [0.4, 0.5) is 0 Å². The first-order valence-electron chi connectivity index (χ1n) is 7.94. The molecule has 0 saturated heterocycles. The van der Waals surface area contributed by atoms with Crippen LogP contribution in [0, 0.1) is 6.92 Å². The molecule has 0 radical (unpaired) electrons. The van der Waals surface area contributed by atoms with E-state index in [-0.39, 0.29) is 5.63 Å². The molecule has 1 aromatic carbocycles. The summed E-state index contributed by atoms with van der Waals surface area (Å²) in [6.45, 7) is 5.53. The molecular formula is C18H20O5. The van der Waals surface area contributed by atoms with E-state index in [1.807, 2.05) is 19.1 Å². The summed E-state index contributed by atoms with van der Waals surface area (Å²) in [6, 6.07) is 3.73. The molecule has 5 heteroatoms. The summed E-state index contributed by atoms with van der Waals surface area (Å²) in [5.74, 6) is 0.113. The molecule has 1 aliphatic carbocycles. The summed E-state index contributed by atoms with van der Waals surface area (Å²) in [4.78, 5) is 23.8. The number of rotatable bonds is 4. The van der Waals surface area contributed by atoms with E-state index in [2.05, 4.69) is 0 Å². The molecule has 0 saturated carbocycles. The first-order chi connectivity index (χ1) is 11.0. The molecule has 0 aliphatic heterocycles. The molecule has 5 nitrogen and oxygen atoms in total. The number of carbonyl (C=O) groups excluding carboxylic acids is 1. The standard InChI is InChI=1S/C18H20O5/c1-4-21-17(19)11(3)22-15-9-8-13-12-6-5-7-14(12)18(20)23-16(13)10(15)2/h8-9,11H,4-7H2,1-3H3/t11-/m0/s1. The van der Waals surface area contributed by atoms with E-state index in [9.17, 15) is 9.59 Å². The highest BCUT2D eigenvalue weighted by molar-refractivity contribution is 5.86. The van der Waals surface area contributed by atoms with Gasteiger partial charge in [0.25, 0.3) is 0 Å². The van der Waals surface area contributed by atoms with Crippen LogP contribution < -0.4 is 10.4 Å². The SMILES string of the molecule is CCOC(=O)[C@H](C)Oc1ccc2c3c(c(=O)oc2c1C)CCC3. The second-order valence-electron chi connectivity index (χ2n) is 5.78. The molecule has 122 valence electrons. The fourth-order valence-electron chi connectivity index (χ4n) is 3.09. The van der Waals surface area contributed by atoms with Crippen LogP contribution in [0.15, 0.2) is 21.3 Å². The maximum absolute atomic E-state index is 12.1. The van der Waals surface area contributed by atoms with Gasteiger partial charge in [-0.15, -0.1) is 0 Å². The molecule has 1 aromatic heterocycles.